The van der Waals surface area contributed by atoms with Gasteiger partial charge in [-0.05, 0) is 54.1 Å². The second kappa shape index (κ2) is 10.8. The van der Waals surface area contributed by atoms with Crippen molar-refractivity contribution in [2.45, 2.75) is 24.3 Å². The molecule has 1 atom stereocenters. The minimum atomic E-state index is -0.647. The average Bonchev–Trinajstić information content (AvgIpc) is 3.32. The molecular weight excluding hydrogens is 450 g/mol. The summed E-state index contributed by atoms with van der Waals surface area (Å²) in [7, 11) is 0. The van der Waals surface area contributed by atoms with Crippen molar-refractivity contribution in [3.63, 3.8) is 0 Å². The minimum Gasteiger partial charge on any atom is -0.492 e. The van der Waals surface area contributed by atoms with Gasteiger partial charge in [-0.15, -0.1) is 5.10 Å². The van der Waals surface area contributed by atoms with Gasteiger partial charge in [-0.3, -0.25) is 9.59 Å². The number of benzene rings is 3. The number of para-hydroxylation sites is 2. The molecule has 9 heteroatoms. The first kappa shape index (κ1) is 23.2. The van der Waals surface area contributed by atoms with Gasteiger partial charge in [-0.2, -0.15) is 4.68 Å². The molecule has 1 heterocycles. The lowest BCUT2D eigenvalue weighted by Gasteiger charge is -2.17. The zero-order valence-electron chi connectivity index (χ0n) is 18.7. The number of rotatable bonds is 9. The Morgan fingerprint density at radius 2 is 1.79 bits per heavy atom. The lowest BCUT2D eigenvalue weighted by molar-refractivity contribution is -0.115. The average molecular weight is 474 g/mol. The molecule has 0 saturated carbocycles. The maximum atomic E-state index is 13.4. The number of tetrazole rings is 1. The molecule has 0 bridgehead atoms. The molecule has 0 aliphatic heterocycles. The number of hydrogen-bond donors (Lipinski definition) is 1. The summed E-state index contributed by atoms with van der Waals surface area (Å²) in [5.41, 5.74) is 2.54. The van der Waals surface area contributed by atoms with Gasteiger partial charge < -0.3 is 10.1 Å². The van der Waals surface area contributed by atoms with Crippen LogP contribution in [0.2, 0.25) is 0 Å². The van der Waals surface area contributed by atoms with Crippen LogP contribution in [0.3, 0.4) is 0 Å². The number of nitrogens with zero attached hydrogens (tertiary/aromatic N) is 4. The monoisotopic (exact) mass is 473 g/mol. The van der Waals surface area contributed by atoms with Crippen LogP contribution in [0, 0.1) is 0 Å². The number of ketones is 1. The fourth-order valence-corrected chi connectivity index (χ4v) is 4.33. The van der Waals surface area contributed by atoms with Crippen molar-refractivity contribution in [1.82, 2.24) is 20.2 Å². The number of amides is 1. The van der Waals surface area contributed by atoms with E-state index in [4.69, 9.17) is 4.74 Å². The molecule has 3 aromatic carbocycles. The summed E-state index contributed by atoms with van der Waals surface area (Å²) in [5, 5.41) is 14.9. The highest BCUT2D eigenvalue weighted by Crippen LogP contribution is 2.37. The Balaban J connectivity index is 1.66. The standard InChI is InChI=1S/C25H23N5O3S/c1-3-33-22-15-8-7-14-21(22)30-25(27-28-29-30)34-23(18-10-5-4-6-11-18)24(32)26-20-13-9-12-19(16-20)17(2)31/h4-16,23H,3H2,1-2H3,(H,26,32). The van der Waals surface area contributed by atoms with E-state index >= 15 is 0 Å². The second-order valence-corrected chi connectivity index (χ2v) is 8.38. The van der Waals surface area contributed by atoms with Gasteiger partial charge >= 0.3 is 0 Å². The number of hydrogen-bond acceptors (Lipinski definition) is 7. The molecule has 0 spiro atoms. The van der Waals surface area contributed by atoms with Crippen LogP contribution in [0.5, 0.6) is 5.75 Å². The van der Waals surface area contributed by atoms with Crippen molar-refractivity contribution >= 4 is 29.1 Å². The Labute approximate surface area is 201 Å². The van der Waals surface area contributed by atoms with E-state index < -0.39 is 5.25 Å². The molecule has 34 heavy (non-hydrogen) atoms. The molecule has 4 aromatic rings. The Hall–Kier alpha value is -3.98. The van der Waals surface area contributed by atoms with Crippen molar-refractivity contribution in [3.8, 4) is 11.4 Å². The smallest absolute Gasteiger partial charge is 0.242 e. The number of carbonyl (C=O) groups is 2. The fraction of sp³-hybridized carbons (Fsp3) is 0.160. The highest BCUT2D eigenvalue weighted by molar-refractivity contribution is 8.00. The van der Waals surface area contributed by atoms with Crippen LogP contribution in [-0.2, 0) is 4.79 Å². The molecule has 1 amide bonds. The Bertz CT molecular complexity index is 1290. The second-order valence-electron chi connectivity index (χ2n) is 7.31. The number of nitrogens with one attached hydrogen (secondary N) is 1. The quantitative estimate of drug-likeness (QED) is 0.277. The molecule has 0 radical (unpaired) electrons. The Kier molecular flexibility index (Phi) is 7.34. The van der Waals surface area contributed by atoms with Crippen LogP contribution in [0.25, 0.3) is 5.69 Å². The van der Waals surface area contributed by atoms with Crippen molar-refractivity contribution in [2.75, 3.05) is 11.9 Å². The molecule has 0 aliphatic rings. The van der Waals surface area contributed by atoms with E-state index in [1.807, 2.05) is 61.5 Å². The van der Waals surface area contributed by atoms with Gasteiger partial charge in [-0.25, -0.2) is 0 Å². The number of carbonyl (C=O) groups excluding carboxylic acids is 2. The topological polar surface area (TPSA) is 99.0 Å². The summed E-state index contributed by atoms with van der Waals surface area (Å²) in [4.78, 5) is 25.2. The molecule has 1 unspecified atom stereocenters. The molecule has 172 valence electrons. The zero-order chi connectivity index (χ0) is 23.9. The molecule has 0 saturated heterocycles. The largest absolute Gasteiger partial charge is 0.492 e. The minimum absolute atomic E-state index is 0.0720. The summed E-state index contributed by atoms with van der Waals surface area (Å²) >= 11 is 1.23. The first-order chi connectivity index (χ1) is 16.6. The number of anilines is 1. The van der Waals surface area contributed by atoms with Crippen LogP contribution < -0.4 is 10.1 Å². The number of Topliss-reactive ketones (excluding diaryl/α,β-unsaturated/α-hetero) is 1. The van der Waals surface area contributed by atoms with Gasteiger partial charge in [0.2, 0.25) is 11.1 Å². The van der Waals surface area contributed by atoms with Crippen LogP contribution in [0.4, 0.5) is 5.69 Å². The molecule has 1 aromatic heterocycles. The van der Waals surface area contributed by atoms with Crippen molar-refractivity contribution < 1.29 is 14.3 Å². The van der Waals surface area contributed by atoms with E-state index in [-0.39, 0.29) is 11.7 Å². The zero-order valence-corrected chi connectivity index (χ0v) is 19.5. The van der Waals surface area contributed by atoms with Crippen molar-refractivity contribution in [2.24, 2.45) is 0 Å². The Morgan fingerprint density at radius 1 is 1.03 bits per heavy atom. The van der Waals surface area contributed by atoms with E-state index in [9.17, 15) is 9.59 Å². The third kappa shape index (κ3) is 5.32. The van der Waals surface area contributed by atoms with E-state index in [0.29, 0.717) is 34.5 Å². The van der Waals surface area contributed by atoms with Crippen LogP contribution >= 0.6 is 11.8 Å². The Morgan fingerprint density at radius 3 is 2.56 bits per heavy atom. The van der Waals surface area contributed by atoms with Gasteiger partial charge in [0.05, 0.1) is 6.61 Å². The third-order valence-corrected chi connectivity index (χ3v) is 6.12. The lowest BCUT2D eigenvalue weighted by Crippen LogP contribution is -2.20. The molecule has 0 aliphatic carbocycles. The van der Waals surface area contributed by atoms with Crippen molar-refractivity contribution in [1.29, 1.82) is 0 Å². The summed E-state index contributed by atoms with van der Waals surface area (Å²) in [6.45, 7) is 3.89. The van der Waals surface area contributed by atoms with Crippen LogP contribution in [-0.4, -0.2) is 38.5 Å². The van der Waals surface area contributed by atoms with Gasteiger partial charge in [0.25, 0.3) is 0 Å². The highest BCUT2D eigenvalue weighted by atomic mass is 32.2. The summed E-state index contributed by atoms with van der Waals surface area (Å²) in [6.07, 6.45) is 0. The maximum Gasteiger partial charge on any atom is 0.242 e. The molecular formula is C25H23N5O3S. The first-order valence-corrected chi connectivity index (χ1v) is 11.6. The van der Waals surface area contributed by atoms with Gasteiger partial charge in [0, 0.05) is 11.3 Å². The molecule has 1 N–H and O–H groups in total. The number of thioether (sulfide) groups is 1. The summed E-state index contributed by atoms with van der Waals surface area (Å²) < 4.78 is 7.29. The van der Waals surface area contributed by atoms with Gasteiger partial charge in [-0.1, -0.05) is 66.4 Å². The van der Waals surface area contributed by atoms with Crippen molar-refractivity contribution in [3.05, 3.63) is 90.0 Å². The van der Waals surface area contributed by atoms with Gasteiger partial charge in [0.1, 0.15) is 16.7 Å². The van der Waals surface area contributed by atoms with Crippen LogP contribution in [0.1, 0.15) is 35.0 Å². The highest BCUT2D eigenvalue weighted by Gasteiger charge is 2.26. The molecule has 0 fully saturated rings. The first-order valence-electron chi connectivity index (χ1n) is 10.7. The lowest BCUT2D eigenvalue weighted by atomic mass is 10.1. The number of aromatic nitrogens is 4. The third-order valence-electron chi connectivity index (χ3n) is 4.93. The molecule has 8 nitrogen and oxygen atoms in total. The van der Waals surface area contributed by atoms with E-state index in [2.05, 4.69) is 20.8 Å². The normalized spacial score (nSPS) is 11.6. The fourth-order valence-electron chi connectivity index (χ4n) is 3.34. The SMILES string of the molecule is CCOc1ccccc1-n1nnnc1SC(C(=O)Nc1cccc(C(C)=O)c1)c1ccccc1. The summed E-state index contributed by atoms with van der Waals surface area (Å²) in [6, 6.07) is 23.7. The van der Waals surface area contributed by atoms with Crippen LogP contribution in [0.15, 0.2) is 84.0 Å². The van der Waals surface area contributed by atoms with E-state index in [1.54, 1.807) is 28.9 Å². The predicted molar refractivity (Wildman–Crippen MR) is 130 cm³/mol. The molecule has 4 rings (SSSR count). The summed E-state index contributed by atoms with van der Waals surface area (Å²) in [5.74, 6) is 0.308. The van der Waals surface area contributed by atoms with Gasteiger partial charge in [0.15, 0.2) is 5.78 Å². The number of ether oxygens (including phenoxy) is 1. The van der Waals surface area contributed by atoms with E-state index in [1.165, 1.54) is 18.7 Å². The predicted octanol–water partition coefficient (Wildman–Crippen LogP) is 4.74. The maximum absolute atomic E-state index is 13.4. The van der Waals surface area contributed by atoms with E-state index in [0.717, 1.165) is 5.56 Å².